The van der Waals surface area contributed by atoms with Gasteiger partial charge in [0.1, 0.15) is 0 Å². The van der Waals surface area contributed by atoms with Crippen LogP contribution in [0.4, 0.5) is 16.2 Å². The molecular weight excluding hydrogens is 258 g/mol. The molecule has 2 amide bonds. The number of aryl methyl sites for hydroxylation is 1. The summed E-state index contributed by atoms with van der Waals surface area (Å²) in [5.41, 5.74) is 3.03. The van der Waals surface area contributed by atoms with Gasteiger partial charge in [0.2, 0.25) is 0 Å². The fraction of sp³-hybridized carbons (Fsp3) is 0.500. The van der Waals surface area contributed by atoms with E-state index >= 15 is 0 Å². The van der Waals surface area contributed by atoms with Crippen LogP contribution in [0.3, 0.4) is 0 Å². The number of carbonyl (C=O) groups is 1. The van der Waals surface area contributed by atoms with Gasteiger partial charge in [-0.25, -0.2) is 4.79 Å². The third kappa shape index (κ3) is 5.03. The zero-order chi connectivity index (χ0) is 14.4. The first-order valence-electron chi connectivity index (χ1n) is 6.29. The van der Waals surface area contributed by atoms with Crippen molar-refractivity contribution in [2.75, 3.05) is 37.1 Å². The van der Waals surface area contributed by atoms with E-state index in [0.717, 1.165) is 16.9 Å². The van der Waals surface area contributed by atoms with Crippen LogP contribution in [0.15, 0.2) is 18.2 Å². The third-order valence-corrected chi connectivity index (χ3v) is 3.90. The van der Waals surface area contributed by atoms with E-state index < -0.39 is 0 Å². The molecule has 0 saturated carbocycles. The molecular formula is C14H23N3OS. The van der Waals surface area contributed by atoms with E-state index in [1.165, 1.54) is 0 Å². The van der Waals surface area contributed by atoms with Crippen LogP contribution in [0.2, 0.25) is 0 Å². The van der Waals surface area contributed by atoms with E-state index in [9.17, 15) is 4.79 Å². The van der Waals surface area contributed by atoms with Crippen LogP contribution in [-0.4, -0.2) is 38.2 Å². The van der Waals surface area contributed by atoms with Gasteiger partial charge in [0.25, 0.3) is 0 Å². The molecule has 0 radical (unpaired) electrons. The van der Waals surface area contributed by atoms with E-state index in [1.807, 2.05) is 44.3 Å². The van der Waals surface area contributed by atoms with Crippen molar-refractivity contribution < 1.29 is 4.79 Å². The molecule has 5 heteroatoms. The van der Waals surface area contributed by atoms with E-state index in [0.29, 0.717) is 11.8 Å². The van der Waals surface area contributed by atoms with Crippen LogP contribution in [0, 0.1) is 6.92 Å². The van der Waals surface area contributed by atoms with E-state index in [2.05, 4.69) is 23.6 Å². The summed E-state index contributed by atoms with van der Waals surface area (Å²) in [5, 5.41) is 6.16. The normalized spacial score (nSPS) is 11.8. The number of carbonyl (C=O) groups excluding carboxylic acids is 1. The lowest BCUT2D eigenvalue weighted by Gasteiger charge is -2.16. The zero-order valence-electron chi connectivity index (χ0n) is 12.3. The molecule has 0 aromatic heterocycles. The van der Waals surface area contributed by atoms with Gasteiger partial charge >= 0.3 is 6.03 Å². The van der Waals surface area contributed by atoms with Crippen LogP contribution in [0.1, 0.15) is 12.5 Å². The van der Waals surface area contributed by atoms with Crippen molar-refractivity contribution in [3.05, 3.63) is 23.8 Å². The van der Waals surface area contributed by atoms with Gasteiger partial charge in [-0.2, -0.15) is 11.8 Å². The second kappa shape index (κ2) is 7.28. The lowest BCUT2D eigenvalue weighted by Crippen LogP contribution is -2.33. The summed E-state index contributed by atoms with van der Waals surface area (Å²) in [5.74, 6) is 0. The molecule has 1 rings (SSSR count). The van der Waals surface area contributed by atoms with E-state index in [-0.39, 0.29) is 6.03 Å². The molecule has 1 aromatic rings. The third-order valence-electron chi connectivity index (χ3n) is 2.93. The first-order chi connectivity index (χ1) is 8.93. The predicted octanol–water partition coefficient (Wildman–Crippen LogP) is 2.93. The second-order valence-electron chi connectivity index (χ2n) is 4.77. The topological polar surface area (TPSA) is 44.4 Å². The van der Waals surface area contributed by atoms with Gasteiger partial charge in [0, 0.05) is 37.3 Å². The summed E-state index contributed by atoms with van der Waals surface area (Å²) in [7, 11) is 4.00. The lowest BCUT2D eigenvalue weighted by atomic mass is 10.1. The highest BCUT2D eigenvalue weighted by atomic mass is 32.2. The zero-order valence-corrected chi connectivity index (χ0v) is 13.1. The van der Waals surface area contributed by atoms with Gasteiger partial charge < -0.3 is 15.5 Å². The van der Waals surface area contributed by atoms with Gasteiger partial charge in [-0.1, -0.05) is 6.92 Å². The molecule has 19 heavy (non-hydrogen) atoms. The average Bonchev–Trinajstić information content (AvgIpc) is 2.38. The SMILES string of the molecule is CS[C@@H](C)CNC(=O)Nc1ccc(N(C)C)cc1C. The maximum atomic E-state index is 11.8. The van der Waals surface area contributed by atoms with Gasteiger partial charge in [0.05, 0.1) is 0 Å². The van der Waals surface area contributed by atoms with E-state index in [1.54, 1.807) is 11.8 Å². The monoisotopic (exact) mass is 281 g/mol. The van der Waals surface area contributed by atoms with Crippen molar-refractivity contribution in [3.63, 3.8) is 0 Å². The molecule has 0 aliphatic rings. The number of amides is 2. The Balaban J connectivity index is 2.60. The summed E-state index contributed by atoms with van der Waals surface area (Å²) >= 11 is 1.73. The minimum Gasteiger partial charge on any atom is -0.378 e. The molecule has 2 N–H and O–H groups in total. The molecule has 0 aliphatic carbocycles. The second-order valence-corrected chi connectivity index (χ2v) is 6.05. The number of benzene rings is 1. The first-order valence-corrected chi connectivity index (χ1v) is 7.58. The Kier molecular flexibility index (Phi) is 6.02. The number of nitrogens with one attached hydrogen (secondary N) is 2. The Bertz CT molecular complexity index is 435. The average molecular weight is 281 g/mol. The van der Waals surface area contributed by atoms with Crippen molar-refractivity contribution in [1.29, 1.82) is 0 Å². The summed E-state index contributed by atoms with van der Waals surface area (Å²) in [4.78, 5) is 13.8. The molecule has 0 heterocycles. The summed E-state index contributed by atoms with van der Waals surface area (Å²) in [6.07, 6.45) is 2.04. The highest BCUT2D eigenvalue weighted by molar-refractivity contribution is 7.99. The molecule has 4 nitrogen and oxygen atoms in total. The van der Waals surface area contributed by atoms with Crippen LogP contribution >= 0.6 is 11.8 Å². The van der Waals surface area contributed by atoms with Crippen molar-refractivity contribution in [3.8, 4) is 0 Å². The fourth-order valence-electron chi connectivity index (χ4n) is 1.55. The molecule has 0 spiro atoms. The van der Waals surface area contributed by atoms with Gasteiger partial charge in [-0.15, -0.1) is 0 Å². The smallest absolute Gasteiger partial charge is 0.319 e. The van der Waals surface area contributed by atoms with Gasteiger partial charge in [0.15, 0.2) is 0 Å². The van der Waals surface area contributed by atoms with Crippen LogP contribution < -0.4 is 15.5 Å². The quantitative estimate of drug-likeness (QED) is 0.872. The van der Waals surface area contributed by atoms with E-state index in [4.69, 9.17) is 0 Å². The number of urea groups is 1. The standard InChI is InChI=1S/C14H23N3OS/c1-10-8-12(17(3)4)6-7-13(10)16-14(18)15-9-11(2)19-5/h6-8,11H,9H2,1-5H3,(H2,15,16,18)/t11-/m0/s1. The minimum absolute atomic E-state index is 0.151. The Morgan fingerprint density at radius 3 is 2.63 bits per heavy atom. The molecule has 0 saturated heterocycles. The Morgan fingerprint density at radius 1 is 1.42 bits per heavy atom. The van der Waals surface area contributed by atoms with Gasteiger partial charge in [-0.3, -0.25) is 0 Å². The summed E-state index contributed by atoms with van der Waals surface area (Å²) in [6.45, 7) is 4.75. The Morgan fingerprint density at radius 2 is 2.11 bits per heavy atom. The summed E-state index contributed by atoms with van der Waals surface area (Å²) in [6, 6.07) is 5.83. The predicted molar refractivity (Wildman–Crippen MR) is 85.5 cm³/mol. The number of anilines is 2. The number of hydrogen-bond acceptors (Lipinski definition) is 3. The fourth-order valence-corrected chi connectivity index (χ4v) is 1.80. The number of hydrogen-bond donors (Lipinski definition) is 2. The maximum absolute atomic E-state index is 11.8. The lowest BCUT2D eigenvalue weighted by molar-refractivity contribution is 0.252. The van der Waals surface area contributed by atoms with Crippen molar-refractivity contribution in [2.45, 2.75) is 19.1 Å². The van der Waals surface area contributed by atoms with Crippen molar-refractivity contribution >= 4 is 29.2 Å². The minimum atomic E-state index is -0.151. The largest absolute Gasteiger partial charge is 0.378 e. The number of nitrogens with zero attached hydrogens (tertiary/aromatic N) is 1. The van der Waals surface area contributed by atoms with Crippen molar-refractivity contribution in [1.82, 2.24) is 5.32 Å². The maximum Gasteiger partial charge on any atom is 0.319 e. The molecule has 0 bridgehead atoms. The summed E-state index contributed by atoms with van der Waals surface area (Å²) < 4.78 is 0. The molecule has 0 fully saturated rings. The molecule has 0 unspecified atom stereocenters. The van der Waals surface area contributed by atoms with Crippen LogP contribution in [-0.2, 0) is 0 Å². The van der Waals surface area contributed by atoms with Crippen LogP contribution in [0.25, 0.3) is 0 Å². The molecule has 0 aliphatic heterocycles. The molecule has 106 valence electrons. The Hall–Kier alpha value is -1.36. The number of thioether (sulfide) groups is 1. The highest BCUT2D eigenvalue weighted by Crippen LogP contribution is 2.21. The van der Waals surface area contributed by atoms with Crippen molar-refractivity contribution in [2.24, 2.45) is 0 Å². The molecule has 1 atom stereocenters. The Labute approximate surface area is 119 Å². The van der Waals surface area contributed by atoms with Gasteiger partial charge in [-0.05, 0) is 36.9 Å². The first kappa shape index (κ1) is 15.7. The van der Waals surface area contributed by atoms with Crippen LogP contribution in [0.5, 0.6) is 0 Å². The molecule has 1 aromatic carbocycles. The number of rotatable bonds is 5. The highest BCUT2D eigenvalue weighted by Gasteiger charge is 2.07.